The fourth-order valence-corrected chi connectivity index (χ4v) is 3.80. The minimum Gasteiger partial charge on any atom is -0.351 e. The topological polar surface area (TPSA) is 49.4 Å². The van der Waals surface area contributed by atoms with Gasteiger partial charge in [-0.3, -0.25) is 9.59 Å². The largest absolute Gasteiger partial charge is 0.351 e. The van der Waals surface area contributed by atoms with Crippen LogP contribution in [-0.2, 0) is 22.6 Å². The number of likely N-dealkylation sites (tertiary alicyclic amines) is 1. The number of carbonyl (C=O) groups excluding carboxylic acids is 2. The molecule has 2 atom stereocenters. The number of hydrogen-bond acceptors (Lipinski definition) is 3. The molecule has 0 aromatic carbocycles. The van der Waals surface area contributed by atoms with E-state index in [0.717, 1.165) is 32.2 Å². The highest BCUT2D eigenvalue weighted by molar-refractivity contribution is 7.11. The Balaban J connectivity index is 1.85. The van der Waals surface area contributed by atoms with Crippen LogP contribution in [-0.4, -0.2) is 29.8 Å². The molecule has 0 radical (unpaired) electrons. The quantitative estimate of drug-likeness (QED) is 0.867. The lowest BCUT2D eigenvalue weighted by Crippen LogP contribution is -2.46. The van der Waals surface area contributed by atoms with E-state index in [4.69, 9.17) is 0 Å². The van der Waals surface area contributed by atoms with E-state index in [-0.39, 0.29) is 23.7 Å². The Morgan fingerprint density at radius 2 is 2.09 bits per heavy atom. The van der Waals surface area contributed by atoms with E-state index in [9.17, 15) is 9.59 Å². The number of hydrogen-bond donors (Lipinski definition) is 1. The first-order valence-electron chi connectivity index (χ1n) is 8.69. The van der Waals surface area contributed by atoms with Crippen molar-refractivity contribution in [3.8, 4) is 0 Å². The van der Waals surface area contributed by atoms with E-state index in [2.05, 4.69) is 24.4 Å². The zero-order valence-corrected chi connectivity index (χ0v) is 15.2. The van der Waals surface area contributed by atoms with Gasteiger partial charge in [-0.1, -0.05) is 20.8 Å². The highest BCUT2D eigenvalue weighted by atomic mass is 32.1. The Morgan fingerprint density at radius 3 is 2.74 bits per heavy atom. The molecular formula is C18H28N2O2S. The van der Waals surface area contributed by atoms with Crippen molar-refractivity contribution in [3.63, 3.8) is 0 Å². The van der Waals surface area contributed by atoms with Crippen molar-refractivity contribution in [2.75, 3.05) is 13.1 Å². The first kappa shape index (κ1) is 18.0. The van der Waals surface area contributed by atoms with Gasteiger partial charge in [0.2, 0.25) is 11.8 Å². The maximum Gasteiger partial charge on any atom is 0.225 e. The molecule has 0 spiro atoms. The number of thiophene rings is 1. The molecule has 5 heteroatoms. The van der Waals surface area contributed by atoms with Gasteiger partial charge in [-0.25, -0.2) is 0 Å². The summed E-state index contributed by atoms with van der Waals surface area (Å²) in [6.07, 6.45) is 3.68. The molecule has 2 amide bonds. The normalized spacial score (nSPS) is 19.4. The molecule has 1 aromatic rings. The number of rotatable bonds is 6. The van der Waals surface area contributed by atoms with Crippen LogP contribution in [0.5, 0.6) is 0 Å². The third kappa shape index (κ3) is 4.80. The van der Waals surface area contributed by atoms with Crippen molar-refractivity contribution >= 4 is 23.2 Å². The minimum atomic E-state index is -0.0673. The highest BCUT2D eigenvalue weighted by Crippen LogP contribution is 2.20. The van der Waals surface area contributed by atoms with Crippen LogP contribution in [0.2, 0.25) is 0 Å². The standard InChI is InChI=1S/C18H28N2O2S/c1-4-13(3)18(22)20-10-6-7-14(12-20)17(21)19-11-16-9-8-15(5-2)23-16/h8-9,13-14H,4-7,10-12H2,1-3H3,(H,19,21)/t13-,14-/m0/s1. The van der Waals surface area contributed by atoms with Crippen LogP contribution in [0.3, 0.4) is 0 Å². The van der Waals surface area contributed by atoms with Crippen LogP contribution in [0.25, 0.3) is 0 Å². The minimum absolute atomic E-state index is 0.0513. The van der Waals surface area contributed by atoms with Crippen LogP contribution in [0.15, 0.2) is 12.1 Å². The lowest BCUT2D eigenvalue weighted by molar-refractivity contribution is -0.138. The van der Waals surface area contributed by atoms with Gasteiger partial charge in [0.25, 0.3) is 0 Å². The summed E-state index contributed by atoms with van der Waals surface area (Å²) < 4.78 is 0. The fraction of sp³-hybridized carbons (Fsp3) is 0.667. The summed E-state index contributed by atoms with van der Waals surface area (Å²) in [5, 5.41) is 3.04. The molecule has 0 unspecified atom stereocenters. The van der Waals surface area contributed by atoms with Crippen LogP contribution in [0.1, 0.15) is 49.8 Å². The molecule has 0 bridgehead atoms. The second kappa shape index (κ2) is 8.48. The summed E-state index contributed by atoms with van der Waals surface area (Å²) in [6.45, 7) is 8.09. The maximum atomic E-state index is 12.4. The molecule has 4 nitrogen and oxygen atoms in total. The smallest absolute Gasteiger partial charge is 0.225 e. The molecule has 1 N–H and O–H groups in total. The number of nitrogens with zero attached hydrogens (tertiary/aromatic N) is 1. The molecule has 0 saturated carbocycles. The van der Waals surface area contributed by atoms with Crippen LogP contribution in [0.4, 0.5) is 0 Å². The molecule has 23 heavy (non-hydrogen) atoms. The van der Waals surface area contributed by atoms with Gasteiger partial charge in [0.05, 0.1) is 12.5 Å². The summed E-state index contributed by atoms with van der Waals surface area (Å²) in [7, 11) is 0. The Labute approximate surface area is 143 Å². The fourth-order valence-electron chi connectivity index (χ4n) is 2.90. The molecule has 1 aromatic heterocycles. The zero-order valence-electron chi connectivity index (χ0n) is 14.4. The lowest BCUT2D eigenvalue weighted by Gasteiger charge is -2.33. The Morgan fingerprint density at radius 1 is 1.35 bits per heavy atom. The second-order valence-corrected chi connectivity index (χ2v) is 7.62. The van der Waals surface area contributed by atoms with Gasteiger partial charge in [-0.05, 0) is 37.8 Å². The summed E-state index contributed by atoms with van der Waals surface area (Å²) in [5.74, 6) is 0.256. The Kier molecular flexibility index (Phi) is 6.63. The molecule has 1 aliphatic heterocycles. The average molecular weight is 337 g/mol. The summed E-state index contributed by atoms with van der Waals surface area (Å²) in [4.78, 5) is 29.1. The van der Waals surface area contributed by atoms with Gasteiger partial charge in [0.1, 0.15) is 0 Å². The van der Waals surface area contributed by atoms with Crippen molar-refractivity contribution in [1.29, 1.82) is 0 Å². The molecule has 128 valence electrons. The molecule has 0 aliphatic carbocycles. The predicted molar refractivity (Wildman–Crippen MR) is 94.3 cm³/mol. The number of aryl methyl sites for hydroxylation is 1. The lowest BCUT2D eigenvalue weighted by atomic mass is 9.95. The maximum absolute atomic E-state index is 12.4. The van der Waals surface area contributed by atoms with E-state index >= 15 is 0 Å². The molecular weight excluding hydrogens is 308 g/mol. The monoisotopic (exact) mass is 336 g/mol. The third-order valence-electron chi connectivity index (χ3n) is 4.64. The summed E-state index contributed by atoms with van der Waals surface area (Å²) in [5.41, 5.74) is 0. The van der Waals surface area contributed by atoms with E-state index in [1.807, 2.05) is 18.7 Å². The zero-order chi connectivity index (χ0) is 16.8. The molecule has 1 aliphatic rings. The molecule has 2 rings (SSSR count). The first-order valence-corrected chi connectivity index (χ1v) is 9.50. The van der Waals surface area contributed by atoms with Crippen LogP contribution < -0.4 is 5.32 Å². The molecule has 1 fully saturated rings. The molecule has 2 heterocycles. The van der Waals surface area contributed by atoms with E-state index in [1.165, 1.54) is 9.75 Å². The van der Waals surface area contributed by atoms with Crippen molar-refractivity contribution in [2.24, 2.45) is 11.8 Å². The number of nitrogens with one attached hydrogen (secondary N) is 1. The first-order chi connectivity index (χ1) is 11.0. The van der Waals surface area contributed by atoms with Gasteiger partial charge >= 0.3 is 0 Å². The number of piperidine rings is 1. The van der Waals surface area contributed by atoms with Gasteiger partial charge in [0, 0.05) is 28.8 Å². The Bertz CT molecular complexity index is 541. The average Bonchev–Trinajstić information content (AvgIpc) is 3.06. The summed E-state index contributed by atoms with van der Waals surface area (Å²) >= 11 is 1.75. The van der Waals surface area contributed by atoms with Gasteiger partial charge in [0.15, 0.2) is 0 Å². The van der Waals surface area contributed by atoms with E-state index in [0.29, 0.717) is 13.1 Å². The summed E-state index contributed by atoms with van der Waals surface area (Å²) in [6, 6.07) is 4.21. The predicted octanol–water partition coefficient (Wildman–Crippen LogP) is 3.21. The van der Waals surface area contributed by atoms with Crippen LogP contribution in [0, 0.1) is 11.8 Å². The third-order valence-corrected chi connectivity index (χ3v) is 5.87. The van der Waals surface area contributed by atoms with E-state index < -0.39 is 0 Å². The number of amides is 2. The van der Waals surface area contributed by atoms with Crippen molar-refractivity contribution < 1.29 is 9.59 Å². The van der Waals surface area contributed by atoms with Gasteiger partial charge in [-0.15, -0.1) is 11.3 Å². The van der Waals surface area contributed by atoms with E-state index in [1.54, 1.807) is 11.3 Å². The Hall–Kier alpha value is -1.36. The SMILES string of the molecule is CCc1ccc(CNC(=O)[C@H]2CCCN(C(=O)[C@@H](C)CC)C2)s1. The van der Waals surface area contributed by atoms with Gasteiger partial charge in [-0.2, -0.15) is 0 Å². The second-order valence-electron chi connectivity index (χ2n) is 6.37. The van der Waals surface area contributed by atoms with Crippen molar-refractivity contribution in [1.82, 2.24) is 10.2 Å². The highest BCUT2D eigenvalue weighted by Gasteiger charge is 2.29. The van der Waals surface area contributed by atoms with Crippen molar-refractivity contribution in [3.05, 3.63) is 21.9 Å². The molecule has 1 saturated heterocycles. The number of carbonyl (C=O) groups is 2. The van der Waals surface area contributed by atoms with Gasteiger partial charge < -0.3 is 10.2 Å². The van der Waals surface area contributed by atoms with Crippen LogP contribution >= 0.6 is 11.3 Å². The van der Waals surface area contributed by atoms with Crippen molar-refractivity contribution in [2.45, 2.75) is 53.0 Å².